The molecule has 0 aliphatic carbocycles. The molecule has 0 atom stereocenters. The average molecular weight is 279 g/mol. The van der Waals surface area contributed by atoms with Crippen LogP contribution in [0.5, 0.6) is 11.5 Å². The monoisotopic (exact) mass is 279 g/mol. The van der Waals surface area contributed by atoms with Crippen molar-refractivity contribution in [3.05, 3.63) is 59.2 Å². The van der Waals surface area contributed by atoms with Crippen LogP contribution in [0, 0.1) is 18.6 Å². The van der Waals surface area contributed by atoms with E-state index < -0.39 is 11.6 Å². The first-order chi connectivity index (χ1) is 8.99. The summed E-state index contributed by atoms with van der Waals surface area (Å²) < 4.78 is 31.6. The first kappa shape index (κ1) is 13.4. The molecule has 19 heavy (non-hydrogen) atoms. The number of aryl methyl sites for hydroxylation is 1. The van der Waals surface area contributed by atoms with Gasteiger partial charge in [0.05, 0.1) is 5.56 Å². The molecule has 5 heteroatoms. The molecule has 0 amide bonds. The van der Waals surface area contributed by atoms with Gasteiger partial charge >= 0.3 is 0 Å². The fourth-order valence-corrected chi connectivity index (χ4v) is 1.80. The second-order valence-corrected chi connectivity index (χ2v) is 4.43. The fourth-order valence-electron chi connectivity index (χ4n) is 1.64. The van der Waals surface area contributed by atoms with Crippen LogP contribution in [-0.4, -0.2) is 4.99 Å². The smallest absolute Gasteiger partial charge is 0.162 e. The predicted molar refractivity (Wildman–Crippen MR) is 73.5 cm³/mol. The van der Waals surface area contributed by atoms with Gasteiger partial charge in [-0.2, -0.15) is 0 Å². The molecular weight excluding hydrogens is 268 g/mol. The molecule has 0 heterocycles. The van der Waals surface area contributed by atoms with E-state index in [-0.39, 0.29) is 10.7 Å². The molecule has 0 spiro atoms. The van der Waals surface area contributed by atoms with Crippen LogP contribution in [0.15, 0.2) is 36.4 Å². The van der Waals surface area contributed by atoms with Gasteiger partial charge in [0, 0.05) is 6.07 Å². The Morgan fingerprint density at radius 2 is 1.89 bits per heavy atom. The molecule has 0 aliphatic rings. The Hall–Kier alpha value is -2.01. The van der Waals surface area contributed by atoms with Crippen molar-refractivity contribution >= 4 is 17.2 Å². The average Bonchev–Trinajstić information content (AvgIpc) is 2.36. The van der Waals surface area contributed by atoms with Gasteiger partial charge in [0.15, 0.2) is 11.6 Å². The van der Waals surface area contributed by atoms with Gasteiger partial charge in [-0.15, -0.1) is 0 Å². The van der Waals surface area contributed by atoms with Crippen molar-refractivity contribution in [2.24, 2.45) is 5.73 Å². The van der Waals surface area contributed by atoms with Crippen LogP contribution in [-0.2, 0) is 0 Å². The van der Waals surface area contributed by atoms with E-state index in [1.165, 1.54) is 6.07 Å². The van der Waals surface area contributed by atoms with Crippen LogP contribution in [0.25, 0.3) is 0 Å². The summed E-state index contributed by atoms with van der Waals surface area (Å²) in [5.74, 6) is -1.26. The molecule has 2 aromatic rings. The summed E-state index contributed by atoms with van der Waals surface area (Å²) in [5, 5.41) is 0. The lowest BCUT2D eigenvalue weighted by atomic mass is 10.1. The number of halogens is 2. The normalized spacial score (nSPS) is 10.3. The van der Waals surface area contributed by atoms with Gasteiger partial charge in [-0.05, 0) is 30.7 Å². The molecule has 98 valence electrons. The molecule has 0 bridgehead atoms. The summed E-state index contributed by atoms with van der Waals surface area (Å²) in [6.45, 7) is 1.82. The molecule has 0 aromatic heterocycles. The van der Waals surface area contributed by atoms with Crippen LogP contribution < -0.4 is 10.5 Å². The Bertz CT molecular complexity index is 643. The van der Waals surface area contributed by atoms with Gasteiger partial charge in [0.2, 0.25) is 0 Å². The Labute approximate surface area is 114 Å². The van der Waals surface area contributed by atoms with Crippen LogP contribution in [0.2, 0.25) is 0 Å². The van der Waals surface area contributed by atoms with Crippen LogP contribution in [0.3, 0.4) is 0 Å². The number of thiocarbonyl (C=S) groups is 1. The minimum Gasteiger partial charge on any atom is -0.456 e. The van der Waals surface area contributed by atoms with Gasteiger partial charge in [0.25, 0.3) is 0 Å². The quantitative estimate of drug-likeness (QED) is 0.870. The van der Waals surface area contributed by atoms with E-state index in [0.717, 1.165) is 17.7 Å². The second-order valence-electron chi connectivity index (χ2n) is 3.99. The van der Waals surface area contributed by atoms with Gasteiger partial charge in [-0.1, -0.05) is 24.4 Å². The molecule has 0 saturated carbocycles. The highest BCUT2D eigenvalue weighted by atomic mass is 32.1. The Morgan fingerprint density at radius 1 is 1.16 bits per heavy atom. The van der Waals surface area contributed by atoms with Gasteiger partial charge < -0.3 is 10.5 Å². The molecule has 0 radical (unpaired) electrons. The van der Waals surface area contributed by atoms with Crippen LogP contribution in [0.1, 0.15) is 11.1 Å². The van der Waals surface area contributed by atoms with Crippen molar-refractivity contribution in [2.45, 2.75) is 6.92 Å². The summed E-state index contributed by atoms with van der Waals surface area (Å²) in [4.78, 5) is 0.182. The highest BCUT2D eigenvalue weighted by molar-refractivity contribution is 7.80. The summed E-state index contributed by atoms with van der Waals surface area (Å²) in [6.07, 6.45) is 0. The highest BCUT2D eigenvalue weighted by Gasteiger charge is 2.11. The van der Waals surface area contributed by atoms with E-state index in [1.807, 2.05) is 13.0 Å². The lowest BCUT2D eigenvalue weighted by Crippen LogP contribution is -2.11. The zero-order valence-electron chi connectivity index (χ0n) is 10.1. The Balaban J connectivity index is 2.42. The van der Waals surface area contributed by atoms with E-state index in [4.69, 9.17) is 22.7 Å². The van der Waals surface area contributed by atoms with Crippen LogP contribution >= 0.6 is 12.2 Å². The third-order valence-corrected chi connectivity index (χ3v) is 2.81. The largest absolute Gasteiger partial charge is 0.456 e. The molecule has 2 aromatic carbocycles. The maximum Gasteiger partial charge on any atom is 0.162 e. The lowest BCUT2D eigenvalue weighted by molar-refractivity contribution is 0.458. The number of rotatable bonds is 3. The first-order valence-corrected chi connectivity index (χ1v) is 5.92. The predicted octanol–water partition coefficient (Wildman–Crippen LogP) is 3.70. The molecule has 0 saturated heterocycles. The maximum atomic E-state index is 13.1. The molecule has 0 fully saturated rings. The molecular formula is C14H11F2NOS. The minimum atomic E-state index is -0.969. The Morgan fingerprint density at radius 3 is 2.53 bits per heavy atom. The number of benzene rings is 2. The number of hydrogen-bond donors (Lipinski definition) is 1. The standard InChI is InChI=1S/C14H11F2NOS/c1-8-3-2-4-10(14(17)19)13(8)18-9-5-6-11(15)12(16)7-9/h2-7H,1H3,(H2,17,19). The third kappa shape index (κ3) is 2.88. The zero-order chi connectivity index (χ0) is 14.0. The maximum absolute atomic E-state index is 13.1. The Kier molecular flexibility index (Phi) is 3.76. The molecule has 0 unspecified atom stereocenters. The van der Waals surface area contributed by atoms with E-state index in [0.29, 0.717) is 11.3 Å². The van der Waals surface area contributed by atoms with Crippen molar-refractivity contribution in [3.8, 4) is 11.5 Å². The lowest BCUT2D eigenvalue weighted by Gasteiger charge is -2.13. The molecule has 0 aliphatic heterocycles. The van der Waals surface area contributed by atoms with E-state index in [2.05, 4.69) is 0 Å². The minimum absolute atomic E-state index is 0.182. The fraction of sp³-hybridized carbons (Fsp3) is 0.0714. The van der Waals surface area contributed by atoms with Crippen molar-refractivity contribution < 1.29 is 13.5 Å². The van der Waals surface area contributed by atoms with Crippen LogP contribution in [0.4, 0.5) is 8.78 Å². The summed E-state index contributed by atoms with van der Waals surface area (Å²) in [6, 6.07) is 8.65. The van der Waals surface area contributed by atoms with Crippen molar-refractivity contribution in [2.75, 3.05) is 0 Å². The molecule has 2 nitrogen and oxygen atoms in total. The number of para-hydroxylation sites is 1. The SMILES string of the molecule is Cc1cccc(C(N)=S)c1Oc1ccc(F)c(F)c1. The first-order valence-electron chi connectivity index (χ1n) is 5.51. The number of ether oxygens (including phenoxy) is 1. The van der Waals surface area contributed by atoms with Crippen molar-refractivity contribution in [1.29, 1.82) is 0 Å². The van der Waals surface area contributed by atoms with Crippen molar-refractivity contribution in [3.63, 3.8) is 0 Å². The summed E-state index contributed by atoms with van der Waals surface area (Å²) in [7, 11) is 0. The number of nitrogens with two attached hydrogens (primary N) is 1. The van der Waals surface area contributed by atoms with Crippen molar-refractivity contribution in [1.82, 2.24) is 0 Å². The summed E-state index contributed by atoms with van der Waals surface area (Å²) in [5.41, 5.74) is 6.96. The van der Waals surface area contributed by atoms with Gasteiger partial charge in [-0.3, -0.25) is 0 Å². The topological polar surface area (TPSA) is 35.2 Å². The third-order valence-electron chi connectivity index (χ3n) is 2.59. The zero-order valence-corrected chi connectivity index (χ0v) is 10.9. The molecule has 2 N–H and O–H groups in total. The number of hydrogen-bond acceptors (Lipinski definition) is 2. The van der Waals surface area contributed by atoms with Gasteiger partial charge in [-0.25, -0.2) is 8.78 Å². The molecule has 2 rings (SSSR count). The van der Waals surface area contributed by atoms with E-state index in [1.54, 1.807) is 12.1 Å². The summed E-state index contributed by atoms with van der Waals surface area (Å²) >= 11 is 4.94. The van der Waals surface area contributed by atoms with Gasteiger partial charge in [0.1, 0.15) is 16.5 Å². The van der Waals surface area contributed by atoms with E-state index in [9.17, 15) is 8.78 Å². The second kappa shape index (κ2) is 5.32. The van der Waals surface area contributed by atoms with E-state index >= 15 is 0 Å². The highest BCUT2D eigenvalue weighted by Crippen LogP contribution is 2.29.